The van der Waals surface area contributed by atoms with Crippen molar-refractivity contribution in [3.63, 3.8) is 0 Å². The van der Waals surface area contributed by atoms with Crippen molar-refractivity contribution in [1.29, 1.82) is 0 Å². The highest BCUT2D eigenvalue weighted by Crippen LogP contribution is 2.39. The van der Waals surface area contributed by atoms with E-state index in [0.29, 0.717) is 44.1 Å². The van der Waals surface area contributed by atoms with E-state index in [1.807, 2.05) is 6.92 Å². The van der Waals surface area contributed by atoms with Gasteiger partial charge < -0.3 is 14.6 Å². The zero-order chi connectivity index (χ0) is 23.3. The Morgan fingerprint density at radius 3 is 2.12 bits per heavy atom. The van der Waals surface area contributed by atoms with Gasteiger partial charge in [-0.3, -0.25) is 0 Å². The van der Waals surface area contributed by atoms with Crippen LogP contribution in [-0.2, 0) is 0 Å². The molecule has 0 aliphatic heterocycles. The molecule has 1 unspecified atom stereocenters. The standard InChI is InChI=1S/C25H30F4O3/c1-3-5-19(30)18-11-13-21(25(29)23(18)27)32-14-15-6-8-16(9-7-15)17-10-12-20(31-4-2)24(28)22(17)26/h10-13,15-16,19,30H,3-9,14H2,1-2H3. The number of benzene rings is 2. The average Bonchev–Trinajstić information content (AvgIpc) is 2.79. The number of aliphatic hydroxyl groups is 1. The molecule has 0 amide bonds. The molecule has 2 aromatic rings. The monoisotopic (exact) mass is 454 g/mol. The van der Waals surface area contributed by atoms with Crippen LogP contribution in [0, 0.1) is 29.2 Å². The lowest BCUT2D eigenvalue weighted by Gasteiger charge is -2.29. The molecule has 0 bridgehead atoms. The van der Waals surface area contributed by atoms with E-state index in [2.05, 4.69) is 0 Å². The molecule has 0 aromatic heterocycles. The Kier molecular flexibility index (Phi) is 8.40. The van der Waals surface area contributed by atoms with E-state index in [-0.39, 0.29) is 42.1 Å². The maximum Gasteiger partial charge on any atom is 0.200 e. The molecule has 1 saturated carbocycles. The largest absolute Gasteiger partial charge is 0.491 e. The fourth-order valence-corrected chi connectivity index (χ4v) is 4.32. The van der Waals surface area contributed by atoms with Gasteiger partial charge in [-0.15, -0.1) is 0 Å². The molecule has 0 heterocycles. The van der Waals surface area contributed by atoms with E-state index >= 15 is 0 Å². The first-order valence-corrected chi connectivity index (χ1v) is 11.3. The zero-order valence-electron chi connectivity index (χ0n) is 18.5. The van der Waals surface area contributed by atoms with Crippen molar-refractivity contribution in [3.8, 4) is 11.5 Å². The lowest BCUT2D eigenvalue weighted by atomic mass is 9.79. The molecule has 1 fully saturated rings. The van der Waals surface area contributed by atoms with E-state index in [1.54, 1.807) is 13.0 Å². The van der Waals surface area contributed by atoms with Crippen LogP contribution in [-0.4, -0.2) is 18.3 Å². The van der Waals surface area contributed by atoms with Crippen LogP contribution in [0.4, 0.5) is 17.6 Å². The van der Waals surface area contributed by atoms with Crippen LogP contribution in [0.2, 0.25) is 0 Å². The van der Waals surface area contributed by atoms with Gasteiger partial charge in [0.05, 0.1) is 19.3 Å². The Morgan fingerprint density at radius 2 is 1.47 bits per heavy atom. The summed E-state index contributed by atoms with van der Waals surface area (Å²) in [6, 6.07) is 5.74. The van der Waals surface area contributed by atoms with Crippen LogP contribution in [0.25, 0.3) is 0 Å². The molecule has 7 heteroatoms. The molecule has 32 heavy (non-hydrogen) atoms. The van der Waals surface area contributed by atoms with Gasteiger partial charge in [-0.1, -0.05) is 19.4 Å². The molecule has 0 radical (unpaired) electrons. The van der Waals surface area contributed by atoms with Gasteiger partial charge in [0.15, 0.2) is 23.1 Å². The minimum Gasteiger partial charge on any atom is -0.491 e. The van der Waals surface area contributed by atoms with Gasteiger partial charge in [-0.2, -0.15) is 8.78 Å². The fourth-order valence-electron chi connectivity index (χ4n) is 4.32. The first-order chi connectivity index (χ1) is 15.4. The molecular formula is C25H30F4O3. The summed E-state index contributed by atoms with van der Waals surface area (Å²) in [4.78, 5) is 0. The average molecular weight is 455 g/mol. The Labute approximate surface area is 186 Å². The summed E-state index contributed by atoms with van der Waals surface area (Å²) in [7, 11) is 0. The number of hydrogen-bond acceptors (Lipinski definition) is 3. The third-order valence-electron chi connectivity index (χ3n) is 6.14. The fraction of sp³-hybridized carbons (Fsp3) is 0.520. The molecule has 176 valence electrons. The van der Waals surface area contributed by atoms with Gasteiger partial charge in [-0.25, -0.2) is 8.78 Å². The summed E-state index contributed by atoms with van der Waals surface area (Å²) in [5.41, 5.74) is 0.279. The number of halogens is 4. The topological polar surface area (TPSA) is 38.7 Å². The molecule has 3 nitrogen and oxygen atoms in total. The van der Waals surface area contributed by atoms with Crippen molar-refractivity contribution in [2.45, 2.75) is 64.4 Å². The van der Waals surface area contributed by atoms with Gasteiger partial charge in [0.25, 0.3) is 0 Å². The highest BCUT2D eigenvalue weighted by molar-refractivity contribution is 5.34. The van der Waals surface area contributed by atoms with Gasteiger partial charge >= 0.3 is 0 Å². The summed E-state index contributed by atoms with van der Waals surface area (Å²) < 4.78 is 68.0. The second kappa shape index (κ2) is 11.0. The third kappa shape index (κ3) is 5.37. The molecule has 1 aliphatic rings. The van der Waals surface area contributed by atoms with Gasteiger partial charge in [-0.05, 0) is 74.6 Å². The SMILES string of the molecule is CCCC(O)c1ccc(OCC2CCC(c3ccc(OCC)c(F)c3F)CC2)c(F)c1F. The summed E-state index contributed by atoms with van der Waals surface area (Å²) in [6.07, 6.45) is 2.66. The van der Waals surface area contributed by atoms with Gasteiger partial charge in [0, 0.05) is 5.56 Å². The molecular weight excluding hydrogens is 424 g/mol. The third-order valence-corrected chi connectivity index (χ3v) is 6.14. The molecule has 3 rings (SSSR count). The normalized spacial score (nSPS) is 19.6. The van der Waals surface area contributed by atoms with E-state index in [9.17, 15) is 22.7 Å². The Hall–Kier alpha value is -2.28. The van der Waals surface area contributed by atoms with Crippen molar-refractivity contribution < 1.29 is 32.1 Å². The molecule has 0 saturated heterocycles. The van der Waals surface area contributed by atoms with Gasteiger partial charge in [0.2, 0.25) is 11.6 Å². The summed E-state index contributed by atoms with van der Waals surface area (Å²) in [6.45, 7) is 4.02. The highest BCUT2D eigenvalue weighted by Gasteiger charge is 2.27. The van der Waals surface area contributed by atoms with Crippen LogP contribution < -0.4 is 9.47 Å². The molecule has 1 N–H and O–H groups in total. The first-order valence-electron chi connectivity index (χ1n) is 11.3. The Morgan fingerprint density at radius 1 is 0.844 bits per heavy atom. The quantitative estimate of drug-likeness (QED) is 0.422. The van der Waals surface area contributed by atoms with E-state index in [1.165, 1.54) is 18.2 Å². The van der Waals surface area contributed by atoms with E-state index in [4.69, 9.17) is 9.47 Å². The van der Waals surface area contributed by atoms with Crippen molar-refractivity contribution in [2.24, 2.45) is 5.92 Å². The summed E-state index contributed by atoms with van der Waals surface area (Å²) >= 11 is 0. The van der Waals surface area contributed by atoms with Crippen molar-refractivity contribution >= 4 is 0 Å². The zero-order valence-corrected chi connectivity index (χ0v) is 18.5. The Balaban J connectivity index is 1.57. The number of rotatable bonds is 9. The van der Waals surface area contributed by atoms with Crippen LogP contribution in [0.5, 0.6) is 11.5 Å². The lowest BCUT2D eigenvalue weighted by Crippen LogP contribution is -2.20. The molecule has 0 spiro atoms. The smallest absolute Gasteiger partial charge is 0.200 e. The van der Waals surface area contributed by atoms with Crippen molar-refractivity contribution in [2.75, 3.05) is 13.2 Å². The van der Waals surface area contributed by atoms with Crippen molar-refractivity contribution in [3.05, 3.63) is 58.7 Å². The predicted molar refractivity (Wildman–Crippen MR) is 114 cm³/mol. The first kappa shape index (κ1) is 24.4. The number of aliphatic hydroxyl groups excluding tert-OH is 1. The Bertz CT molecular complexity index is 911. The van der Waals surface area contributed by atoms with E-state index in [0.717, 1.165) is 0 Å². The van der Waals surface area contributed by atoms with Crippen LogP contribution in [0.1, 0.15) is 75.5 Å². The maximum atomic E-state index is 14.5. The summed E-state index contributed by atoms with van der Waals surface area (Å²) in [5, 5.41) is 9.94. The lowest BCUT2D eigenvalue weighted by molar-refractivity contribution is 0.159. The highest BCUT2D eigenvalue weighted by atomic mass is 19.2. The minimum absolute atomic E-state index is 0.0678. The summed E-state index contributed by atoms with van der Waals surface area (Å²) in [5.74, 6) is -4.27. The minimum atomic E-state index is -1.10. The molecule has 1 atom stereocenters. The van der Waals surface area contributed by atoms with Crippen molar-refractivity contribution in [1.82, 2.24) is 0 Å². The van der Waals surface area contributed by atoms with Crippen LogP contribution in [0.3, 0.4) is 0 Å². The van der Waals surface area contributed by atoms with Gasteiger partial charge in [0.1, 0.15) is 0 Å². The number of ether oxygens (including phenoxy) is 2. The van der Waals surface area contributed by atoms with Crippen LogP contribution in [0.15, 0.2) is 24.3 Å². The molecule has 1 aliphatic carbocycles. The second-order valence-electron chi connectivity index (χ2n) is 8.33. The van der Waals surface area contributed by atoms with Crippen LogP contribution >= 0.6 is 0 Å². The maximum absolute atomic E-state index is 14.5. The second-order valence-corrected chi connectivity index (χ2v) is 8.33. The number of hydrogen-bond donors (Lipinski definition) is 1. The van der Waals surface area contributed by atoms with E-state index < -0.39 is 29.4 Å². The predicted octanol–water partition coefficient (Wildman–Crippen LogP) is 6.83. The molecule has 2 aromatic carbocycles.